The van der Waals surface area contributed by atoms with Gasteiger partial charge in [-0.25, -0.2) is 0 Å². The van der Waals surface area contributed by atoms with Crippen LogP contribution in [0.2, 0.25) is 0 Å². The Balaban J connectivity index is 1.72. The number of carbonyl (C=O) groups excluding carboxylic acids is 2. The number of hydrogen-bond donors (Lipinski definition) is 1. The molecule has 0 bridgehead atoms. The summed E-state index contributed by atoms with van der Waals surface area (Å²) in [5.41, 5.74) is 1.56. The standard InChI is InChI=1S/C19H21N3O2S/c1-2-17-22(19(24)15-8-4-3-5-9-15)16(13-25-17)18(23)21-12-14-7-6-10-20-11-14/h3-11,16-17H,2,12-13H2,1H3,(H,21,23). The number of benzene rings is 1. The van der Waals surface area contributed by atoms with E-state index in [2.05, 4.69) is 10.3 Å². The predicted molar refractivity (Wildman–Crippen MR) is 99.0 cm³/mol. The summed E-state index contributed by atoms with van der Waals surface area (Å²) in [5.74, 6) is 0.422. The van der Waals surface area contributed by atoms with Gasteiger partial charge < -0.3 is 10.2 Å². The number of thioether (sulfide) groups is 1. The molecule has 2 heterocycles. The van der Waals surface area contributed by atoms with Crippen LogP contribution in [0.4, 0.5) is 0 Å². The van der Waals surface area contributed by atoms with Crippen molar-refractivity contribution in [2.75, 3.05) is 5.75 Å². The first-order valence-electron chi connectivity index (χ1n) is 8.36. The monoisotopic (exact) mass is 355 g/mol. The highest BCUT2D eigenvalue weighted by atomic mass is 32.2. The van der Waals surface area contributed by atoms with E-state index < -0.39 is 6.04 Å². The zero-order chi connectivity index (χ0) is 17.6. The summed E-state index contributed by atoms with van der Waals surface area (Å²) < 4.78 is 0. The van der Waals surface area contributed by atoms with Gasteiger partial charge in [0.05, 0.1) is 5.37 Å². The van der Waals surface area contributed by atoms with E-state index in [0.29, 0.717) is 17.9 Å². The highest BCUT2D eigenvalue weighted by molar-refractivity contribution is 8.00. The van der Waals surface area contributed by atoms with Crippen molar-refractivity contribution in [3.63, 3.8) is 0 Å². The third-order valence-electron chi connectivity index (χ3n) is 4.19. The molecule has 0 saturated carbocycles. The number of hydrogen-bond acceptors (Lipinski definition) is 4. The summed E-state index contributed by atoms with van der Waals surface area (Å²) in [6.07, 6.45) is 4.24. The van der Waals surface area contributed by atoms with E-state index in [0.717, 1.165) is 12.0 Å². The quantitative estimate of drug-likeness (QED) is 0.896. The smallest absolute Gasteiger partial charge is 0.255 e. The summed E-state index contributed by atoms with van der Waals surface area (Å²) in [6, 6.07) is 12.5. The van der Waals surface area contributed by atoms with Gasteiger partial charge >= 0.3 is 0 Å². The Kier molecular flexibility index (Phi) is 5.71. The van der Waals surface area contributed by atoms with Gasteiger partial charge in [-0.05, 0) is 30.2 Å². The number of nitrogens with zero attached hydrogens (tertiary/aromatic N) is 2. The molecule has 2 amide bonds. The molecule has 25 heavy (non-hydrogen) atoms. The molecule has 0 aliphatic carbocycles. The Morgan fingerprint density at radius 1 is 1.24 bits per heavy atom. The fourth-order valence-electron chi connectivity index (χ4n) is 2.89. The summed E-state index contributed by atoms with van der Waals surface area (Å²) in [6.45, 7) is 2.46. The number of carbonyl (C=O) groups is 2. The van der Waals surface area contributed by atoms with Crippen LogP contribution in [-0.4, -0.2) is 38.9 Å². The second kappa shape index (κ2) is 8.16. The molecular weight excluding hydrogens is 334 g/mol. The molecule has 2 aromatic rings. The highest BCUT2D eigenvalue weighted by Crippen LogP contribution is 2.32. The van der Waals surface area contributed by atoms with E-state index in [1.807, 2.05) is 37.3 Å². The van der Waals surface area contributed by atoms with E-state index in [-0.39, 0.29) is 17.2 Å². The maximum absolute atomic E-state index is 12.9. The topological polar surface area (TPSA) is 62.3 Å². The van der Waals surface area contributed by atoms with Crippen molar-refractivity contribution >= 4 is 23.6 Å². The first-order chi connectivity index (χ1) is 12.2. The Bertz CT molecular complexity index is 724. The molecular formula is C19H21N3O2S. The van der Waals surface area contributed by atoms with Crippen molar-refractivity contribution in [3.05, 3.63) is 66.0 Å². The van der Waals surface area contributed by atoms with Crippen LogP contribution >= 0.6 is 11.8 Å². The van der Waals surface area contributed by atoms with E-state index in [9.17, 15) is 9.59 Å². The van der Waals surface area contributed by atoms with Gasteiger partial charge in [0.15, 0.2) is 0 Å². The molecule has 1 aromatic carbocycles. The van der Waals surface area contributed by atoms with Crippen molar-refractivity contribution in [1.29, 1.82) is 0 Å². The normalized spacial score (nSPS) is 19.6. The summed E-state index contributed by atoms with van der Waals surface area (Å²) >= 11 is 1.66. The Labute approximate surface area is 151 Å². The van der Waals surface area contributed by atoms with E-state index in [1.54, 1.807) is 41.2 Å². The van der Waals surface area contributed by atoms with Crippen LogP contribution in [0.25, 0.3) is 0 Å². The molecule has 2 unspecified atom stereocenters. The first kappa shape index (κ1) is 17.5. The largest absolute Gasteiger partial charge is 0.350 e. The van der Waals surface area contributed by atoms with Crippen LogP contribution in [0.3, 0.4) is 0 Å². The minimum Gasteiger partial charge on any atom is -0.350 e. The third-order valence-corrected chi connectivity index (χ3v) is 5.64. The molecule has 1 N–H and O–H groups in total. The van der Waals surface area contributed by atoms with E-state index in [1.165, 1.54) is 0 Å². The van der Waals surface area contributed by atoms with Crippen LogP contribution in [-0.2, 0) is 11.3 Å². The average Bonchev–Trinajstić information content (AvgIpc) is 3.11. The Morgan fingerprint density at radius 2 is 2.04 bits per heavy atom. The Hall–Kier alpha value is -2.34. The van der Waals surface area contributed by atoms with E-state index >= 15 is 0 Å². The van der Waals surface area contributed by atoms with Crippen LogP contribution in [0.15, 0.2) is 54.9 Å². The van der Waals surface area contributed by atoms with Crippen molar-refractivity contribution in [2.24, 2.45) is 0 Å². The summed E-state index contributed by atoms with van der Waals surface area (Å²) in [7, 11) is 0. The fraction of sp³-hybridized carbons (Fsp3) is 0.316. The number of aromatic nitrogens is 1. The zero-order valence-corrected chi connectivity index (χ0v) is 14.9. The van der Waals surface area contributed by atoms with Crippen molar-refractivity contribution in [2.45, 2.75) is 31.3 Å². The molecule has 130 valence electrons. The maximum atomic E-state index is 12.9. The molecule has 1 fully saturated rings. The predicted octanol–water partition coefficient (Wildman–Crippen LogP) is 2.69. The zero-order valence-electron chi connectivity index (χ0n) is 14.1. The van der Waals surface area contributed by atoms with Crippen molar-refractivity contribution in [1.82, 2.24) is 15.2 Å². The lowest BCUT2D eigenvalue weighted by Crippen LogP contribution is -2.49. The lowest BCUT2D eigenvalue weighted by molar-refractivity contribution is -0.125. The molecule has 0 spiro atoms. The van der Waals surface area contributed by atoms with Gasteiger partial charge in [0, 0.05) is 30.3 Å². The molecule has 1 aromatic heterocycles. The number of rotatable bonds is 5. The van der Waals surface area contributed by atoms with Gasteiger partial charge in [-0.1, -0.05) is 31.2 Å². The van der Waals surface area contributed by atoms with Gasteiger partial charge in [0.2, 0.25) is 5.91 Å². The number of pyridine rings is 1. The highest BCUT2D eigenvalue weighted by Gasteiger charge is 2.40. The second-order valence-electron chi connectivity index (χ2n) is 5.87. The van der Waals surface area contributed by atoms with Gasteiger partial charge in [0.25, 0.3) is 5.91 Å². The molecule has 0 radical (unpaired) electrons. The van der Waals surface area contributed by atoms with Crippen molar-refractivity contribution < 1.29 is 9.59 Å². The maximum Gasteiger partial charge on any atom is 0.255 e. The van der Waals surface area contributed by atoms with Crippen LogP contribution in [0.1, 0.15) is 29.3 Å². The number of amides is 2. The lowest BCUT2D eigenvalue weighted by Gasteiger charge is -2.28. The van der Waals surface area contributed by atoms with Gasteiger partial charge in [0.1, 0.15) is 6.04 Å². The van der Waals surface area contributed by atoms with E-state index in [4.69, 9.17) is 0 Å². The van der Waals surface area contributed by atoms with Gasteiger partial charge in [-0.15, -0.1) is 11.8 Å². The van der Waals surface area contributed by atoms with Crippen molar-refractivity contribution in [3.8, 4) is 0 Å². The summed E-state index contributed by atoms with van der Waals surface area (Å²) in [4.78, 5) is 31.4. The average molecular weight is 355 g/mol. The molecule has 1 saturated heterocycles. The van der Waals surface area contributed by atoms with Gasteiger partial charge in [-0.3, -0.25) is 14.6 Å². The fourth-order valence-corrected chi connectivity index (χ4v) is 4.25. The molecule has 2 atom stereocenters. The van der Waals surface area contributed by atoms with Crippen LogP contribution in [0.5, 0.6) is 0 Å². The minimum atomic E-state index is -0.445. The third kappa shape index (κ3) is 4.02. The SMILES string of the molecule is CCC1SCC(C(=O)NCc2cccnc2)N1C(=O)c1ccccc1. The minimum absolute atomic E-state index is 0.0295. The number of nitrogens with one attached hydrogen (secondary N) is 1. The second-order valence-corrected chi connectivity index (χ2v) is 7.08. The molecule has 1 aliphatic heterocycles. The Morgan fingerprint density at radius 3 is 2.72 bits per heavy atom. The molecule has 3 rings (SSSR count). The summed E-state index contributed by atoms with van der Waals surface area (Å²) in [5, 5.41) is 2.97. The lowest BCUT2D eigenvalue weighted by atomic mass is 10.1. The van der Waals surface area contributed by atoms with Gasteiger partial charge in [-0.2, -0.15) is 0 Å². The van der Waals surface area contributed by atoms with Crippen LogP contribution in [0, 0.1) is 0 Å². The first-order valence-corrected chi connectivity index (χ1v) is 9.41. The molecule has 5 nitrogen and oxygen atoms in total. The molecule has 6 heteroatoms. The molecule has 1 aliphatic rings. The van der Waals surface area contributed by atoms with Crippen LogP contribution < -0.4 is 5.32 Å².